The number of nitrogens with one attached hydrogen (secondary N) is 2. The predicted molar refractivity (Wildman–Crippen MR) is 108 cm³/mol. The highest BCUT2D eigenvalue weighted by molar-refractivity contribution is 6.16. The summed E-state index contributed by atoms with van der Waals surface area (Å²) < 4.78 is 0. The molecule has 0 saturated carbocycles. The van der Waals surface area contributed by atoms with Crippen LogP contribution in [-0.4, -0.2) is 22.4 Å². The van der Waals surface area contributed by atoms with Crippen molar-refractivity contribution in [2.45, 2.75) is 0 Å². The summed E-state index contributed by atoms with van der Waals surface area (Å²) >= 11 is 0. The number of rotatable bonds is 5. The van der Waals surface area contributed by atoms with Crippen molar-refractivity contribution in [2.24, 2.45) is 10.2 Å². The molecule has 6 heteroatoms. The number of hydrogen-bond donors (Lipinski definition) is 2. The third kappa shape index (κ3) is 3.34. The number of para-hydroxylation sites is 2. The minimum Gasteiger partial charge on any atom is -0.276 e. The van der Waals surface area contributed by atoms with E-state index in [1.807, 2.05) is 60.7 Å². The van der Waals surface area contributed by atoms with Crippen LogP contribution in [0.15, 0.2) is 83.3 Å². The average Bonchev–Trinajstić information content (AvgIpc) is 2.71. The summed E-state index contributed by atoms with van der Waals surface area (Å²) in [7, 11) is 0. The van der Waals surface area contributed by atoms with Gasteiger partial charge in [0.2, 0.25) is 0 Å². The van der Waals surface area contributed by atoms with E-state index >= 15 is 0 Å². The first-order chi connectivity index (χ1) is 12.9. The number of anilines is 2. The van der Waals surface area contributed by atoms with Crippen molar-refractivity contribution in [1.82, 2.24) is 9.97 Å². The van der Waals surface area contributed by atoms with Crippen molar-refractivity contribution in [2.75, 3.05) is 10.9 Å². The second-order valence-corrected chi connectivity index (χ2v) is 5.54. The molecule has 4 aromatic rings. The van der Waals surface area contributed by atoms with Crippen molar-refractivity contribution in [3.8, 4) is 0 Å². The number of nitrogens with zero attached hydrogens (tertiary/aromatic N) is 4. The van der Waals surface area contributed by atoms with Gasteiger partial charge >= 0.3 is 0 Å². The van der Waals surface area contributed by atoms with Gasteiger partial charge in [0.25, 0.3) is 0 Å². The van der Waals surface area contributed by atoms with Crippen molar-refractivity contribution < 1.29 is 0 Å². The minimum atomic E-state index is 0.846. The fourth-order valence-electron chi connectivity index (χ4n) is 2.67. The van der Waals surface area contributed by atoms with E-state index in [9.17, 15) is 0 Å². The van der Waals surface area contributed by atoms with Crippen LogP contribution in [0.5, 0.6) is 0 Å². The molecule has 0 amide bonds. The van der Waals surface area contributed by atoms with E-state index in [4.69, 9.17) is 0 Å². The molecule has 0 unspecified atom stereocenters. The molecule has 26 heavy (non-hydrogen) atoms. The van der Waals surface area contributed by atoms with E-state index in [1.54, 1.807) is 24.8 Å². The Labute approximate surface area is 150 Å². The maximum atomic E-state index is 4.38. The van der Waals surface area contributed by atoms with Crippen LogP contribution in [0.2, 0.25) is 0 Å². The summed E-state index contributed by atoms with van der Waals surface area (Å²) in [5, 5.41) is 10.5. The highest BCUT2D eigenvalue weighted by atomic mass is 15.3. The zero-order chi connectivity index (χ0) is 17.6. The first-order valence-electron chi connectivity index (χ1n) is 8.16. The first-order valence-corrected chi connectivity index (χ1v) is 8.16. The predicted octanol–water partition coefficient (Wildman–Crippen LogP) is 4.28. The summed E-state index contributed by atoms with van der Waals surface area (Å²) in [6.07, 6.45) is 6.68. The van der Waals surface area contributed by atoms with Gasteiger partial charge in [-0.15, -0.1) is 0 Å². The van der Waals surface area contributed by atoms with Crippen LogP contribution in [0.25, 0.3) is 21.8 Å². The SMILES string of the molecule is C(/C=N/Nc1cccc2cccnc12)=N/Nc1cccc2cccnc12. The molecular formula is C20H16N6. The molecule has 0 fully saturated rings. The smallest absolute Gasteiger partial charge is 0.0951 e. The van der Waals surface area contributed by atoms with Crippen LogP contribution < -0.4 is 10.9 Å². The Morgan fingerprint density at radius 3 is 1.58 bits per heavy atom. The van der Waals surface area contributed by atoms with E-state index in [1.165, 1.54) is 0 Å². The standard InChI is InChI=1S/C20H16N6/c1-5-15-7-3-11-21-19(15)17(9-1)25-23-13-14-24-26-18-10-2-6-16-8-4-12-22-20(16)18/h1-14,25-26H/b23-13-,24-14+. The minimum absolute atomic E-state index is 0.846. The highest BCUT2D eigenvalue weighted by Crippen LogP contribution is 2.21. The molecule has 4 rings (SSSR count). The summed E-state index contributed by atoms with van der Waals surface area (Å²) in [6.45, 7) is 0. The Morgan fingerprint density at radius 1 is 0.615 bits per heavy atom. The maximum Gasteiger partial charge on any atom is 0.0951 e. The Bertz CT molecular complexity index is 1000. The van der Waals surface area contributed by atoms with Crippen molar-refractivity contribution in [3.63, 3.8) is 0 Å². The molecule has 0 spiro atoms. The lowest BCUT2D eigenvalue weighted by Crippen LogP contribution is -1.95. The number of benzene rings is 2. The molecule has 2 aromatic carbocycles. The van der Waals surface area contributed by atoms with Crippen LogP contribution >= 0.6 is 0 Å². The third-order valence-electron chi connectivity index (χ3n) is 3.85. The van der Waals surface area contributed by atoms with Crippen molar-refractivity contribution in [1.29, 1.82) is 0 Å². The summed E-state index contributed by atoms with van der Waals surface area (Å²) in [5.74, 6) is 0. The van der Waals surface area contributed by atoms with Crippen LogP contribution in [0.1, 0.15) is 0 Å². The molecule has 0 aliphatic heterocycles. The van der Waals surface area contributed by atoms with Crippen molar-refractivity contribution in [3.05, 3.63) is 73.1 Å². The van der Waals surface area contributed by atoms with E-state index < -0.39 is 0 Å². The molecule has 0 radical (unpaired) electrons. The topological polar surface area (TPSA) is 74.6 Å². The molecule has 6 nitrogen and oxygen atoms in total. The molecule has 0 aliphatic carbocycles. The Balaban J connectivity index is 1.42. The Morgan fingerprint density at radius 2 is 1.08 bits per heavy atom. The zero-order valence-corrected chi connectivity index (χ0v) is 13.9. The van der Waals surface area contributed by atoms with Crippen LogP contribution in [0.3, 0.4) is 0 Å². The van der Waals surface area contributed by atoms with E-state index in [0.717, 1.165) is 33.2 Å². The quantitative estimate of drug-likeness (QED) is 0.420. The summed E-state index contributed by atoms with van der Waals surface area (Å²) in [6, 6.07) is 19.7. The zero-order valence-electron chi connectivity index (χ0n) is 13.9. The van der Waals surface area contributed by atoms with Gasteiger partial charge in [0.05, 0.1) is 34.8 Å². The number of hydrogen-bond acceptors (Lipinski definition) is 6. The summed E-state index contributed by atoms with van der Waals surface area (Å²) in [4.78, 5) is 8.75. The molecule has 0 atom stereocenters. The molecule has 0 saturated heterocycles. The van der Waals surface area contributed by atoms with Gasteiger partial charge in [-0.1, -0.05) is 36.4 Å². The van der Waals surface area contributed by atoms with Gasteiger partial charge in [-0.25, -0.2) is 0 Å². The lowest BCUT2D eigenvalue weighted by Gasteiger charge is -2.04. The number of hydrazone groups is 2. The molecule has 126 valence electrons. The molecule has 2 N–H and O–H groups in total. The largest absolute Gasteiger partial charge is 0.276 e. The Hall–Kier alpha value is -3.80. The second kappa shape index (κ2) is 7.40. The fourth-order valence-corrected chi connectivity index (χ4v) is 2.67. The van der Waals surface area contributed by atoms with Gasteiger partial charge in [0.1, 0.15) is 0 Å². The monoisotopic (exact) mass is 340 g/mol. The van der Waals surface area contributed by atoms with Gasteiger partial charge in [-0.2, -0.15) is 10.2 Å². The van der Waals surface area contributed by atoms with E-state index in [0.29, 0.717) is 0 Å². The van der Waals surface area contributed by atoms with Gasteiger partial charge in [0.15, 0.2) is 0 Å². The number of fused-ring (bicyclic) bond motifs is 2. The van der Waals surface area contributed by atoms with E-state index in [-0.39, 0.29) is 0 Å². The maximum absolute atomic E-state index is 4.38. The fraction of sp³-hybridized carbons (Fsp3) is 0. The van der Waals surface area contributed by atoms with E-state index in [2.05, 4.69) is 31.0 Å². The normalized spacial score (nSPS) is 11.5. The number of pyridine rings is 2. The number of aromatic nitrogens is 2. The molecule has 2 aromatic heterocycles. The highest BCUT2D eigenvalue weighted by Gasteiger charge is 2.00. The molecule has 0 aliphatic rings. The lowest BCUT2D eigenvalue weighted by molar-refractivity contribution is 1.33. The van der Waals surface area contributed by atoms with Gasteiger partial charge in [-0.05, 0) is 24.3 Å². The summed E-state index contributed by atoms with van der Waals surface area (Å²) in [5.41, 5.74) is 9.43. The van der Waals surface area contributed by atoms with Crippen LogP contribution in [0, 0.1) is 0 Å². The second-order valence-electron chi connectivity index (χ2n) is 5.54. The van der Waals surface area contributed by atoms with Gasteiger partial charge < -0.3 is 0 Å². The lowest BCUT2D eigenvalue weighted by atomic mass is 10.2. The van der Waals surface area contributed by atoms with Crippen LogP contribution in [0.4, 0.5) is 11.4 Å². The Kier molecular flexibility index (Phi) is 4.47. The van der Waals surface area contributed by atoms with Gasteiger partial charge in [-0.3, -0.25) is 20.8 Å². The molecule has 2 heterocycles. The third-order valence-corrected chi connectivity index (χ3v) is 3.85. The van der Waals surface area contributed by atoms with Crippen molar-refractivity contribution >= 4 is 45.6 Å². The average molecular weight is 340 g/mol. The molecular weight excluding hydrogens is 324 g/mol. The van der Waals surface area contributed by atoms with Crippen LogP contribution in [-0.2, 0) is 0 Å². The molecule has 0 bridgehead atoms. The van der Waals surface area contributed by atoms with Gasteiger partial charge in [0, 0.05) is 23.2 Å². The first kappa shape index (κ1) is 15.7.